The molecule has 0 atom stereocenters. The Balaban J connectivity index is 0. The third kappa shape index (κ3) is 8.39. The van der Waals surface area contributed by atoms with E-state index in [1.807, 2.05) is 61.2 Å². The number of hydrogen-bond donors (Lipinski definition) is 2. The van der Waals surface area contributed by atoms with Crippen molar-refractivity contribution in [3.63, 3.8) is 0 Å². The SMILES string of the molecule is C1=CC=CNC=C1.F.[B].c1cc[nH]c1. The number of aromatic amines is 1. The molecule has 0 saturated carbocycles. The highest BCUT2D eigenvalue weighted by Gasteiger charge is 1.67. The maximum Gasteiger partial charge on any atom is 0.000496 e. The molecular weight excluding hydrogens is 178 g/mol. The van der Waals surface area contributed by atoms with Crippen LogP contribution < -0.4 is 5.32 Å². The van der Waals surface area contributed by atoms with E-state index in [2.05, 4.69) is 10.3 Å². The monoisotopic (exact) mass is 191 g/mol. The van der Waals surface area contributed by atoms with Gasteiger partial charge < -0.3 is 10.3 Å². The Kier molecular flexibility index (Phi) is 11.9. The van der Waals surface area contributed by atoms with Crippen molar-refractivity contribution in [1.82, 2.24) is 10.3 Å². The van der Waals surface area contributed by atoms with Crippen molar-refractivity contribution in [1.29, 1.82) is 0 Å². The Bertz CT molecular complexity index is 234. The zero-order chi connectivity index (χ0) is 8.49. The molecule has 73 valence electrons. The van der Waals surface area contributed by atoms with Gasteiger partial charge in [-0.3, -0.25) is 4.70 Å². The second kappa shape index (κ2) is 11.3. The lowest BCUT2D eigenvalue weighted by Gasteiger charge is -1.79. The zero-order valence-electron chi connectivity index (χ0n) is 7.76. The molecule has 2 rings (SSSR count). The van der Waals surface area contributed by atoms with E-state index in [4.69, 9.17) is 0 Å². The molecule has 0 spiro atoms. The molecule has 1 aromatic heterocycles. The lowest BCUT2D eigenvalue weighted by molar-refractivity contribution is 1.11. The van der Waals surface area contributed by atoms with Crippen LogP contribution in [0.4, 0.5) is 4.70 Å². The van der Waals surface area contributed by atoms with Gasteiger partial charge in [0.25, 0.3) is 0 Å². The van der Waals surface area contributed by atoms with Crippen molar-refractivity contribution in [2.75, 3.05) is 0 Å². The van der Waals surface area contributed by atoms with E-state index in [1.54, 1.807) is 0 Å². The molecule has 4 heteroatoms. The fourth-order valence-corrected chi connectivity index (χ4v) is 0.684. The van der Waals surface area contributed by atoms with Gasteiger partial charge in [0.2, 0.25) is 0 Å². The zero-order valence-corrected chi connectivity index (χ0v) is 7.76. The normalized spacial score (nSPS) is 10.9. The van der Waals surface area contributed by atoms with Gasteiger partial charge in [0.15, 0.2) is 0 Å². The first-order chi connectivity index (χ1) is 6.00. The van der Waals surface area contributed by atoms with E-state index < -0.39 is 0 Å². The number of hydrogen-bond acceptors (Lipinski definition) is 1. The molecule has 2 N–H and O–H groups in total. The molecule has 0 aromatic carbocycles. The van der Waals surface area contributed by atoms with Crippen LogP contribution in [0.1, 0.15) is 0 Å². The second-order valence-corrected chi connectivity index (χ2v) is 2.15. The maximum atomic E-state index is 2.92. The highest BCUT2D eigenvalue weighted by molar-refractivity contribution is 5.75. The largest absolute Gasteiger partial charge is 0.368 e. The van der Waals surface area contributed by atoms with E-state index in [-0.39, 0.29) is 13.1 Å². The Labute approximate surface area is 85.4 Å². The topological polar surface area (TPSA) is 27.8 Å². The summed E-state index contributed by atoms with van der Waals surface area (Å²) in [4.78, 5) is 2.86. The number of allylic oxidation sites excluding steroid dienone is 4. The molecule has 3 radical (unpaired) electrons. The fourth-order valence-electron chi connectivity index (χ4n) is 0.684. The number of H-pyrrole nitrogens is 1. The van der Waals surface area contributed by atoms with Gasteiger partial charge in [-0.05, 0) is 24.3 Å². The molecular formula is C10H13BFN2. The molecule has 0 fully saturated rings. The summed E-state index contributed by atoms with van der Waals surface area (Å²) in [6.07, 6.45) is 15.3. The average Bonchev–Trinajstić information content (AvgIpc) is 2.54. The highest BCUT2D eigenvalue weighted by atomic mass is 19.0. The first-order valence-electron chi connectivity index (χ1n) is 3.82. The molecule has 1 aromatic rings. The summed E-state index contributed by atoms with van der Waals surface area (Å²) >= 11 is 0. The Morgan fingerprint density at radius 2 is 1.21 bits per heavy atom. The minimum atomic E-state index is 0. The van der Waals surface area contributed by atoms with Crippen molar-refractivity contribution in [3.8, 4) is 0 Å². The Hall–Kier alpha value is -1.71. The van der Waals surface area contributed by atoms with Crippen molar-refractivity contribution in [2.45, 2.75) is 0 Å². The van der Waals surface area contributed by atoms with Crippen LogP contribution >= 0.6 is 0 Å². The molecule has 0 amide bonds. The first kappa shape index (κ1) is 14.8. The molecule has 0 unspecified atom stereocenters. The standard InChI is InChI=1S/C6H7N.C4H5N.B.FH/c1-2-4-6-7-5-3-1;1-2-4-5-3-1;;/h1-7H;1-5H;;1H. The van der Waals surface area contributed by atoms with Crippen LogP contribution in [0.5, 0.6) is 0 Å². The maximum absolute atomic E-state index is 2.92. The van der Waals surface area contributed by atoms with E-state index >= 15 is 0 Å². The average molecular weight is 191 g/mol. The number of halogens is 1. The lowest BCUT2D eigenvalue weighted by atomic mass is 10.5. The predicted octanol–water partition coefficient (Wildman–Crippen LogP) is 1.96. The second-order valence-electron chi connectivity index (χ2n) is 2.15. The molecule has 0 bridgehead atoms. The van der Waals surface area contributed by atoms with Crippen molar-refractivity contribution in [2.24, 2.45) is 0 Å². The van der Waals surface area contributed by atoms with Gasteiger partial charge in [-0.15, -0.1) is 0 Å². The number of rotatable bonds is 0. The number of aromatic nitrogens is 1. The minimum absolute atomic E-state index is 0. The minimum Gasteiger partial charge on any atom is -0.368 e. The van der Waals surface area contributed by atoms with Gasteiger partial charge in [0.05, 0.1) is 0 Å². The molecule has 1 aliphatic heterocycles. The molecule has 0 aliphatic carbocycles. The smallest absolute Gasteiger partial charge is 0.000496 e. The third-order valence-corrected chi connectivity index (χ3v) is 1.21. The van der Waals surface area contributed by atoms with Crippen LogP contribution in [0.3, 0.4) is 0 Å². The number of nitrogens with one attached hydrogen (secondary N) is 2. The van der Waals surface area contributed by atoms with Gasteiger partial charge in [-0.25, -0.2) is 0 Å². The molecule has 2 heterocycles. The Morgan fingerprint density at radius 3 is 1.57 bits per heavy atom. The summed E-state index contributed by atoms with van der Waals surface area (Å²) in [6.45, 7) is 0. The van der Waals surface area contributed by atoms with Crippen molar-refractivity contribution >= 4 is 8.41 Å². The molecule has 2 nitrogen and oxygen atoms in total. The van der Waals surface area contributed by atoms with Crippen LogP contribution in [-0.4, -0.2) is 13.4 Å². The summed E-state index contributed by atoms with van der Waals surface area (Å²) in [6, 6.07) is 3.89. The van der Waals surface area contributed by atoms with E-state index in [1.165, 1.54) is 0 Å². The highest BCUT2D eigenvalue weighted by Crippen LogP contribution is 1.81. The van der Waals surface area contributed by atoms with Crippen LogP contribution in [0.15, 0.2) is 61.2 Å². The third-order valence-electron chi connectivity index (χ3n) is 1.21. The van der Waals surface area contributed by atoms with Crippen LogP contribution in [-0.2, 0) is 0 Å². The quantitative estimate of drug-likeness (QED) is 0.602. The van der Waals surface area contributed by atoms with Gasteiger partial charge in [0, 0.05) is 33.2 Å². The van der Waals surface area contributed by atoms with E-state index in [9.17, 15) is 0 Å². The van der Waals surface area contributed by atoms with Gasteiger partial charge >= 0.3 is 0 Å². The molecule has 1 aliphatic rings. The fraction of sp³-hybridized carbons (Fsp3) is 0. The summed E-state index contributed by atoms with van der Waals surface area (Å²) in [7, 11) is 0. The van der Waals surface area contributed by atoms with Crippen LogP contribution in [0.2, 0.25) is 0 Å². The van der Waals surface area contributed by atoms with Gasteiger partial charge in [-0.1, -0.05) is 12.2 Å². The predicted molar refractivity (Wildman–Crippen MR) is 59.6 cm³/mol. The van der Waals surface area contributed by atoms with Gasteiger partial charge in [0.1, 0.15) is 0 Å². The van der Waals surface area contributed by atoms with Crippen molar-refractivity contribution < 1.29 is 4.70 Å². The summed E-state index contributed by atoms with van der Waals surface area (Å²) in [5.74, 6) is 0. The van der Waals surface area contributed by atoms with E-state index in [0.717, 1.165) is 0 Å². The van der Waals surface area contributed by atoms with Crippen molar-refractivity contribution in [3.05, 3.63) is 61.2 Å². The summed E-state index contributed by atoms with van der Waals surface area (Å²) < 4.78 is 0. The van der Waals surface area contributed by atoms with E-state index in [0.29, 0.717) is 0 Å². The van der Waals surface area contributed by atoms with Gasteiger partial charge in [-0.2, -0.15) is 0 Å². The molecule has 0 saturated heterocycles. The summed E-state index contributed by atoms with van der Waals surface area (Å²) in [5, 5.41) is 2.92. The molecule has 14 heavy (non-hydrogen) atoms. The van der Waals surface area contributed by atoms with Crippen LogP contribution in [0.25, 0.3) is 0 Å². The summed E-state index contributed by atoms with van der Waals surface area (Å²) in [5.41, 5.74) is 0. The Morgan fingerprint density at radius 1 is 0.714 bits per heavy atom. The lowest BCUT2D eigenvalue weighted by Crippen LogP contribution is -1.87. The first-order valence-corrected chi connectivity index (χ1v) is 3.82. The van der Waals surface area contributed by atoms with Crippen LogP contribution in [0, 0.1) is 0 Å².